The Bertz CT molecular complexity index is 1030. The number of hydrogen-bond donors (Lipinski definition) is 0. The van der Waals surface area contributed by atoms with Gasteiger partial charge < -0.3 is 4.74 Å². The van der Waals surface area contributed by atoms with E-state index in [9.17, 15) is 0 Å². The molecule has 4 aromatic rings. The van der Waals surface area contributed by atoms with Crippen LogP contribution in [0.1, 0.15) is 35.3 Å². The Morgan fingerprint density at radius 3 is 1.48 bits per heavy atom. The van der Waals surface area contributed by atoms with Crippen LogP contribution in [0.4, 0.5) is 0 Å². The van der Waals surface area contributed by atoms with E-state index in [0.29, 0.717) is 0 Å². The zero-order valence-electron chi connectivity index (χ0n) is 16.5. The van der Waals surface area contributed by atoms with E-state index in [2.05, 4.69) is 128 Å². The van der Waals surface area contributed by atoms with Crippen LogP contribution in [0, 0.1) is 0 Å². The highest BCUT2D eigenvalue weighted by Crippen LogP contribution is 2.68. The maximum Gasteiger partial charge on any atom is 0.138 e. The summed E-state index contributed by atoms with van der Waals surface area (Å²) in [5, 5.41) is 0. The van der Waals surface area contributed by atoms with Gasteiger partial charge in [-0.25, -0.2) is 0 Å². The van der Waals surface area contributed by atoms with Crippen LogP contribution in [0.2, 0.25) is 0 Å². The third-order valence-electron chi connectivity index (χ3n) is 6.37. The van der Waals surface area contributed by atoms with Gasteiger partial charge in [0.2, 0.25) is 0 Å². The van der Waals surface area contributed by atoms with E-state index in [1.54, 1.807) is 0 Å². The molecular weight excluding hydrogens is 352 g/mol. The lowest BCUT2D eigenvalue weighted by atomic mass is 9.62. The van der Waals surface area contributed by atoms with Crippen molar-refractivity contribution in [2.45, 2.75) is 24.0 Å². The molecule has 0 radical (unpaired) electrons. The monoisotopic (exact) mass is 376 g/mol. The van der Waals surface area contributed by atoms with E-state index in [4.69, 9.17) is 4.74 Å². The molecule has 142 valence electrons. The first-order valence-electron chi connectivity index (χ1n) is 10.2. The molecule has 0 aromatic heterocycles. The largest absolute Gasteiger partial charge is 0.355 e. The van der Waals surface area contributed by atoms with Crippen LogP contribution in [0.25, 0.3) is 0 Å². The highest BCUT2D eigenvalue weighted by Gasteiger charge is 2.69. The predicted octanol–water partition coefficient (Wildman–Crippen LogP) is 6.66. The van der Waals surface area contributed by atoms with Gasteiger partial charge in [-0.15, -0.1) is 0 Å². The molecular formula is C28H24O. The molecule has 29 heavy (non-hydrogen) atoms. The molecule has 1 aliphatic heterocycles. The van der Waals surface area contributed by atoms with E-state index in [1.165, 1.54) is 22.3 Å². The summed E-state index contributed by atoms with van der Waals surface area (Å²) in [4.78, 5) is 0. The molecule has 1 aliphatic rings. The minimum atomic E-state index is -0.474. The van der Waals surface area contributed by atoms with Crippen LogP contribution in [0.5, 0.6) is 0 Å². The van der Waals surface area contributed by atoms with Gasteiger partial charge in [0.05, 0.1) is 5.41 Å². The minimum Gasteiger partial charge on any atom is -0.355 e. The summed E-state index contributed by atoms with van der Waals surface area (Å²) < 4.78 is 6.75. The van der Waals surface area contributed by atoms with Gasteiger partial charge in [-0.05, 0) is 29.2 Å². The second-order valence-electron chi connectivity index (χ2n) is 7.87. The molecule has 1 saturated heterocycles. The van der Waals surface area contributed by atoms with Gasteiger partial charge in [0.1, 0.15) is 11.7 Å². The molecule has 1 nitrogen and oxygen atoms in total. The van der Waals surface area contributed by atoms with Crippen molar-refractivity contribution in [1.29, 1.82) is 0 Å². The van der Waals surface area contributed by atoms with E-state index < -0.39 is 5.60 Å². The molecule has 2 atom stereocenters. The second-order valence-corrected chi connectivity index (χ2v) is 7.87. The lowest BCUT2D eigenvalue weighted by Gasteiger charge is -2.38. The smallest absolute Gasteiger partial charge is 0.138 e. The number of benzene rings is 4. The molecule has 2 unspecified atom stereocenters. The van der Waals surface area contributed by atoms with E-state index >= 15 is 0 Å². The fourth-order valence-corrected chi connectivity index (χ4v) is 4.79. The maximum absolute atomic E-state index is 6.75. The van der Waals surface area contributed by atoms with Gasteiger partial charge in [-0.3, -0.25) is 0 Å². The molecule has 1 fully saturated rings. The Hall–Kier alpha value is -3.16. The molecule has 1 heterocycles. The van der Waals surface area contributed by atoms with Crippen molar-refractivity contribution in [3.63, 3.8) is 0 Å². The van der Waals surface area contributed by atoms with Gasteiger partial charge >= 0.3 is 0 Å². The first-order chi connectivity index (χ1) is 14.3. The topological polar surface area (TPSA) is 12.5 Å². The highest BCUT2D eigenvalue weighted by atomic mass is 16.6. The second kappa shape index (κ2) is 7.02. The highest BCUT2D eigenvalue weighted by molar-refractivity contribution is 5.52. The summed E-state index contributed by atoms with van der Waals surface area (Å²) in [5.74, 6) is 0. The van der Waals surface area contributed by atoms with Gasteiger partial charge in [0.15, 0.2) is 0 Å². The minimum absolute atomic E-state index is 0.00323. The summed E-state index contributed by atoms with van der Waals surface area (Å²) in [5.41, 5.74) is 4.12. The molecule has 4 aromatic carbocycles. The molecule has 5 rings (SSSR count). The van der Waals surface area contributed by atoms with Crippen molar-refractivity contribution in [2.75, 3.05) is 0 Å². The van der Waals surface area contributed by atoms with Crippen molar-refractivity contribution in [2.24, 2.45) is 0 Å². The van der Waals surface area contributed by atoms with Gasteiger partial charge in [-0.2, -0.15) is 0 Å². The van der Waals surface area contributed by atoms with Crippen molar-refractivity contribution in [1.82, 2.24) is 0 Å². The molecule has 0 bridgehead atoms. The average molecular weight is 376 g/mol. The zero-order chi connectivity index (χ0) is 19.7. The predicted molar refractivity (Wildman–Crippen MR) is 118 cm³/mol. The number of rotatable bonds is 5. The summed E-state index contributed by atoms with van der Waals surface area (Å²) in [7, 11) is 0. The lowest BCUT2D eigenvalue weighted by molar-refractivity contribution is 0.219. The average Bonchev–Trinajstić information content (AvgIpc) is 3.58. The summed E-state index contributed by atoms with van der Waals surface area (Å²) >= 11 is 0. The number of hydrogen-bond acceptors (Lipinski definition) is 1. The Balaban J connectivity index is 1.78. The van der Waals surface area contributed by atoms with Crippen LogP contribution in [-0.4, -0.2) is 0 Å². The summed E-state index contributed by atoms with van der Waals surface area (Å²) in [6.45, 7) is 2.33. The lowest BCUT2D eigenvalue weighted by Crippen LogP contribution is -2.40. The third kappa shape index (κ3) is 2.73. The molecule has 0 amide bonds. The van der Waals surface area contributed by atoms with Crippen LogP contribution in [0.15, 0.2) is 121 Å². The van der Waals surface area contributed by atoms with Crippen molar-refractivity contribution < 1.29 is 4.74 Å². The van der Waals surface area contributed by atoms with Crippen LogP contribution in [-0.2, 0) is 15.8 Å². The quantitative estimate of drug-likeness (QED) is 0.355. The summed E-state index contributed by atoms with van der Waals surface area (Å²) in [6, 6.07) is 42.8. The molecule has 0 aliphatic carbocycles. The Morgan fingerprint density at radius 1 is 0.586 bits per heavy atom. The molecule has 0 N–H and O–H groups in total. The first-order valence-corrected chi connectivity index (χ1v) is 10.2. The molecule has 0 spiro atoms. The fraction of sp³-hybridized carbons (Fsp3) is 0.143. The first kappa shape index (κ1) is 17.9. The van der Waals surface area contributed by atoms with E-state index in [0.717, 1.165) is 0 Å². The van der Waals surface area contributed by atoms with Gasteiger partial charge in [-0.1, -0.05) is 121 Å². The van der Waals surface area contributed by atoms with Crippen LogP contribution >= 0.6 is 0 Å². The Morgan fingerprint density at radius 2 is 1.00 bits per heavy atom. The third-order valence-corrected chi connectivity index (χ3v) is 6.37. The maximum atomic E-state index is 6.75. The van der Waals surface area contributed by atoms with Crippen molar-refractivity contribution in [3.8, 4) is 0 Å². The Labute approximate surface area is 172 Å². The van der Waals surface area contributed by atoms with Gasteiger partial charge in [0, 0.05) is 0 Å². The zero-order valence-corrected chi connectivity index (χ0v) is 16.5. The molecule has 0 saturated carbocycles. The van der Waals surface area contributed by atoms with E-state index in [1.807, 2.05) is 0 Å². The van der Waals surface area contributed by atoms with E-state index in [-0.39, 0.29) is 11.5 Å². The van der Waals surface area contributed by atoms with Crippen molar-refractivity contribution in [3.05, 3.63) is 144 Å². The summed E-state index contributed by atoms with van der Waals surface area (Å²) in [6.07, 6.45) is -0.00323. The standard InChI is InChI=1S/C28H24O/c1-27(23-16-8-3-9-17-23,24-18-10-4-11-19-24)28(25-20-12-5-13-21-25)26(29-28)22-14-6-2-7-15-22/h2-21,26H,1H3. The Kier molecular flexibility index (Phi) is 4.34. The molecule has 1 heteroatoms. The normalized spacial score (nSPS) is 20.9. The van der Waals surface area contributed by atoms with Crippen molar-refractivity contribution >= 4 is 0 Å². The van der Waals surface area contributed by atoms with Crippen LogP contribution in [0.3, 0.4) is 0 Å². The SMILES string of the molecule is CC(c1ccccc1)(c1ccccc1)C1(c2ccccc2)OC1c1ccccc1. The number of epoxide rings is 1. The number of ether oxygens (including phenoxy) is 1. The van der Waals surface area contributed by atoms with Crippen LogP contribution < -0.4 is 0 Å². The van der Waals surface area contributed by atoms with Gasteiger partial charge in [0.25, 0.3) is 0 Å². The fourth-order valence-electron chi connectivity index (χ4n) is 4.79.